The maximum Gasteiger partial charge on any atom is 0.344 e. The normalized spacial score (nSPS) is 16.0. The molecule has 0 bridgehead atoms. The summed E-state index contributed by atoms with van der Waals surface area (Å²) in [6.45, 7) is 1.27. The van der Waals surface area contributed by atoms with Crippen LogP contribution in [0.4, 0.5) is 0 Å². The van der Waals surface area contributed by atoms with Crippen LogP contribution in [0, 0.1) is 0 Å². The number of esters is 1. The van der Waals surface area contributed by atoms with Crippen LogP contribution >= 0.6 is 0 Å². The van der Waals surface area contributed by atoms with Crippen LogP contribution in [-0.4, -0.2) is 47.1 Å². The standard InChI is InChI=1S/C28H26O10/c1-14(29)35-13-24-26(18-11-22(32-3)23(33-4)12-21(18)36-24)37-19-9-8-17-25(27(19)34-5)16-7-6-15(31-2)10-20(16)38-28(17)30/h6-12,24,26H,13H2,1-5H3/t24-,26+/m0/s1. The highest BCUT2D eigenvalue weighted by atomic mass is 16.6. The summed E-state index contributed by atoms with van der Waals surface area (Å²) in [6, 6.07) is 11.9. The Morgan fingerprint density at radius 1 is 0.868 bits per heavy atom. The average molecular weight is 523 g/mol. The molecule has 2 atom stereocenters. The van der Waals surface area contributed by atoms with Crippen LogP contribution in [0.2, 0.25) is 0 Å². The number of carbonyl (C=O) groups excluding carboxylic acids is 1. The third-order valence-corrected chi connectivity index (χ3v) is 6.35. The van der Waals surface area contributed by atoms with Gasteiger partial charge < -0.3 is 37.6 Å². The van der Waals surface area contributed by atoms with E-state index < -0.39 is 23.8 Å². The number of hydrogen-bond donors (Lipinski definition) is 0. The Kier molecular flexibility index (Phi) is 6.62. The largest absolute Gasteiger partial charge is 0.497 e. The smallest absolute Gasteiger partial charge is 0.344 e. The summed E-state index contributed by atoms with van der Waals surface area (Å²) in [5, 5.41) is 1.51. The van der Waals surface area contributed by atoms with E-state index in [0.717, 1.165) is 0 Å². The fraction of sp³-hybridized carbons (Fsp3) is 0.286. The second-order valence-corrected chi connectivity index (χ2v) is 8.51. The monoisotopic (exact) mass is 522 g/mol. The van der Waals surface area contributed by atoms with Gasteiger partial charge in [-0.15, -0.1) is 0 Å². The first-order valence-corrected chi connectivity index (χ1v) is 11.7. The fourth-order valence-electron chi connectivity index (χ4n) is 4.59. The molecule has 1 aliphatic rings. The van der Waals surface area contributed by atoms with Crippen LogP contribution in [0.1, 0.15) is 18.6 Å². The molecule has 5 rings (SSSR count). The number of fused-ring (bicyclic) bond motifs is 4. The molecule has 38 heavy (non-hydrogen) atoms. The van der Waals surface area contributed by atoms with Gasteiger partial charge in [-0.05, 0) is 30.3 Å². The molecule has 0 spiro atoms. The van der Waals surface area contributed by atoms with E-state index in [1.165, 1.54) is 35.4 Å². The summed E-state index contributed by atoms with van der Waals surface area (Å²) in [7, 11) is 6.09. The molecule has 198 valence electrons. The van der Waals surface area contributed by atoms with Crippen LogP contribution in [0.5, 0.6) is 34.5 Å². The van der Waals surface area contributed by atoms with Crippen LogP contribution in [-0.2, 0) is 9.53 Å². The van der Waals surface area contributed by atoms with Crippen molar-refractivity contribution in [2.75, 3.05) is 35.0 Å². The van der Waals surface area contributed by atoms with Gasteiger partial charge >= 0.3 is 11.6 Å². The predicted molar refractivity (Wildman–Crippen MR) is 137 cm³/mol. The molecule has 0 unspecified atom stereocenters. The van der Waals surface area contributed by atoms with E-state index in [-0.39, 0.29) is 6.61 Å². The van der Waals surface area contributed by atoms with Gasteiger partial charge in [0.1, 0.15) is 23.7 Å². The molecule has 3 aromatic carbocycles. The van der Waals surface area contributed by atoms with Crippen molar-refractivity contribution in [1.29, 1.82) is 0 Å². The third-order valence-electron chi connectivity index (χ3n) is 6.35. The molecule has 0 amide bonds. The van der Waals surface area contributed by atoms with Crippen LogP contribution in [0.15, 0.2) is 51.7 Å². The zero-order chi connectivity index (χ0) is 27.0. The molecule has 1 aliphatic heterocycles. The van der Waals surface area contributed by atoms with Gasteiger partial charge in [-0.3, -0.25) is 4.79 Å². The first kappa shape index (κ1) is 25.1. The van der Waals surface area contributed by atoms with Crippen molar-refractivity contribution in [3.8, 4) is 34.5 Å². The van der Waals surface area contributed by atoms with E-state index >= 15 is 0 Å². The van der Waals surface area contributed by atoms with Crippen molar-refractivity contribution in [3.63, 3.8) is 0 Å². The molecule has 10 nitrogen and oxygen atoms in total. The average Bonchev–Trinajstić information content (AvgIpc) is 3.26. The van der Waals surface area contributed by atoms with E-state index in [9.17, 15) is 9.59 Å². The first-order valence-electron chi connectivity index (χ1n) is 11.7. The van der Waals surface area contributed by atoms with E-state index in [1.807, 2.05) is 0 Å². The van der Waals surface area contributed by atoms with Gasteiger partial charge in [0.15, 0.2) is 35.2 Å². The molecule has 4 aromatic rings. The summed E-state index contributed by atoms with van der Waals surface area (Å²) in [4.78, 5) is 24.4. The molecular weight excluding hydrogens is 496 g/mol. The quantitative estimate of drug-likeness (QED) is 0.187. The summed E-state index contributed by atoms with van der Waals surface area (Å²) < 4.78 is 45.3. The molecule has 0 saturated heterocycles. The Balaban J connectivity index is 1.65. The van der Waals surface area contributed by atoms with Gasteiger partial charge in [0, 0.05) is 35.4 Å². The molecule has 1 aromatic heterocycles. The molecule has 10 heteroatoms. The molecule has 0 N–H and O–H groups in total. The number of ether oxygens (including phenoxy) is 7. The van der Waals surface area contributed by atoms with Gasteiger partial charge in [0.2, 0.25) is 0 Å². The van der Waals surface area contributed by atoms with E-state index in [4.69, 9.17) is 37.6 Å². The molecule has 0 aliphatic carbocycles. The molecule has 0 radical (unpaired) electrons. The number of hydrogen-bond acceptors (Lipinski definition) is 10. The van der Waals surface area contributed by atoms with Crippen molar-refractivity contribution in [1.82, 2.24) is 0 Å². The lowest BCUT2D eigenvalue weighted by atomic mass is 10.0. The fourth-order valence-corrected chi connectivity index (χ4v) is 4.59. The van der Waals surface area contributed by atoms with Crippen molar-refractivity contribution in [3.05, 3.63) is 58.4 Å². The SMILES string of the molecule is COc1ccc2c(c1)oc(=O)c1ccc(O[C@@H]3c4cc(OC)c(OC)cc4O[C@H]3COC(C)=O)c(OC)c12. The summed E-state index contributed by atoms with van der Waals surface area (Å²) >= 11 is 0. The summed E-state index contributed by atoms with van der Waals surface area (Å²) in [6.07, 6.45) is -1.38. The zero-order valence-electron chi connectivity index (χ0n) is 21.5. The third kappa shape index (κ3) is 4.27. The number of methoxy groups -OCH3 is 4. The number of rotatable bonds is 8. The Morgan fingerprint density at radius 3 is 2.29 bits per heavy atom. The van der Waals surface area contributed by atoms with Gasteiger partial charge in [0.25, 0.3) is 0 Å². The minimum Gasteiger partial charge on any atom is -0.497 e. The lowest BCUT2D eigenvalue weighted by Crippen LogP contribution is -2.29. The van der Waals surface area contributed by atoms with Crippen LogP contribution in [0.3, 0.4) is 0 Å². The van der Waals surface area contributed by atoms with Crippen molar-refractivity contribution < 1.29 is 42.4 Å². The predicted octanol–water partition coefficient (Wildman–Crippen LogP) is 4.42. The second-order valence-electron chi connectivity index (χ2n) is 8.51. The Morgan fingerprint density at radius 2 is 1.61 bits per heavy atom. The molecule has 0 saturated carbocycles. The van der Waals surface area contributed by atoms with E-state index in [0.29, 0.717) is 61.8 Å². The van der Waals surface area contributed by atoms with E-state index in [2.05, 4.69) is 0 Å². The summed E-state index contributed by atoms with van der Waals surface area (Å²) in [5.74, 6) is 2.26. The Bertz CT molecular complexity index is 1590. The van der Waals surface area contributed by atoms with Crippen LogP contribution in [0.25, 0.3) is 21.7 Å². The molecule has 2 heterocycles. The second kappa shape index (κ2) is 10.0. The van der Waals surface area contributed by atoms with Gasteiger partial charge in [0.05, 0.1) is 33.8 Å². The van der Waals surface area contributed by atoms with Crippen molar-refractivity contribution in [2.24, 2.45) is 0 Å². The highest BCUT2D eigenvalue weighted by Gasteiger charge is 2.39. The minimum absolute atomic E-state index is 0.0540. The maximum absolute atomic E-state index is 12.8. The lowest BCUT2D eigenvalue weighted by molar-refractivity contribution is -0.144. The van der Waals surface area contributed by atoms with Gasteiger partial charge in [-0.25, -0.2) is 4.79 Å². The maximum atomic E-state index is 12.8. The van der Waals surface area contributed by atoms with E-state index in [1.54, 1.807) is 42.5 Å². The molecular formula is C28H26O10. The highest BCUT2D eigenvalue weighted by Crippen LogP contribution is 2.48. The number of carbonyl (C=O) groups is 1. The Hall–Kier alpha value is -4.60. The minimum atomic E-state index is -0.706. The van der Waals surface area contributed by atoms with Gasteiger partial charge in [-0.1, -0.05) is 0 Å². The topological polar surface area (TPSA) is 112 Å². The van der Waals surface area contributed by atoms with Crippen molar-refractivity contribution >= 4 is 27.7 Å². The Labute approximate surface area is 217 Å². The number of benzene rings is 3. The van der Waals surface area contributed by atoms with Gasteiger partial charge in [-0.2, -0.15) is 0 Å². The molecule has 0 fully saturated rings. The van der Waals surface area contributed by atoms with Crippen molar-refractivity contribution in [2.45, 2.75) is 19.1 Å². The first-order chi connectivity index (χ1) is 18.4. The summed E-state index contributed by atoms with van der Waals surface area (Å²) in [5.41, 5.74) is 0.491. The highest BCUT2D eigenvalue weighted by molar-refractivity contribution is 6.09. The zero-order valence-corrected chi connectivity index (χ0v) is 21.5. The lowest BCUT2D eigenvalue weighted by Gasteiger charge is -2.22. The van der Waals surface area contributed by atoms with Crippen LogP contribution < -0.4 is 34.0 Å².